The Morgan fingerprint density at radius 3 is 2.61 bits per heavy atom. The zero-order valence-corrected chi connectivity index (χ0v) is 13.7. The van der Waals surface area contributed by atoms with Crippen LogP contribution in [0.15, 0.2) is 47.5 Å². The highest BCUT2D eigenvalue weighted by Crippen LogP contribution is 2.29. The molecule has 0 aliphatic carbocycles. The van der Waals surface area contributed by atoms with Crippen LogP contribution in [0.25, 0.3) is 0 Å². The molecule has 0 fully saturated rings. The Morgan fingerprint density at radius 1 is 1.22 bits per heavy atom. The number of nitrogens with one attached hydrogen (secondary N) is 1. The van der Waals surface area contributed by atoms with Crippen molar-refractivity contribution in [3.8, 4) is 5.75 Å². The molecule has 0 bridgehead atoms. The number of hydrogen-bond acceptors (Lipinski definition) is 5. The summed E-state index contributed by atoms with van der Waals surface area (Å²) in [5, 5.41) is 0.539. The molecule has 5 nitrogen and oxygen atoms in total. The van der Waals surface area contributed by atoms with Crippen LogP contribution in [0.5, 0.6) is 5.75 Å². The van der Waals surface area contributed by atoms with Gasteiger partial charge in [-0.2, -0.15) is 0 Å². The van der Waals surface area contributed by atoms with Gasteiger partial charge in [0, 0.05) is 16.8 Å². The monoisotopic (exact) mass is 331 g/mol. The quantitative estimate of drug-likeness (QED) is 0.838. The van der Waals surface area contributed by atoms with Crippen LogP contribution in [0.3, 0.4) is 0 Å². The van der Waals surface area contributed by atoms with Gasteiger partial charge in [-0.1, -0.05) is 23.7 Å². The van der Waals surface area contributed by atoms with E-state index in [9.17, 15) is 0 Å². The Hall–Kier alpha value is -2.24. The molecule has 3 N–H and O–H groups in total. The highest BCUT2D eigenvalue weighted by atomic mass is 35.5. The number of aliphatic imine (C=N–C) groups is 1. The summed E-state index contributed by atoms with van der Waals surface area (Å²) >= 11 is 6.26. The third kappa shape index (κ3) is 3.57. The number of nitrogens with two attached hydrogens (primary N) is 1. The molecule has 0 amide bonds. The third-order valence-corrected chi connectivity index (χ3v) is 3.60. The molecule has 1 unspecified atom stereocenters. The molecule has 6 heteroatoms. The molecule has 0 aromatic heterocycles. The largest absolute Gasteiger partial charge is 0.489 e. The maximum atomic E-state index is 6.26. The van der Waals surface area contributed by atoms with E-state index in [-0.39, 0.29) is 6.10 Å². The van der Waals surface area contributed by atoms with Gasteiger partial charge in [0.25, 0.3) is 0 Å². The van der Waals surface area contributed by atoms with Crippen molar-refractivity contribution in [3.63, 3.8) is 0 Å². The minimum Gasteiger partial charge on any atom is -0.489 e. The number of rotatable bonds is 4. The molecule has 0 saturated heterocycles. The van der Waals surface area contributed by atoms with Crippen LogP contribution in [0, 0.1) is 0 Å². The Labute approximate surface area is 140 Å². The third-order valence-electron chi connectivity index (χ3n) is 3.30. The van der Waals surface area contributed by atoms with Gasteiger partial charge in [0.15, 0.2) is 5.84 Å². The topological polar surface area (TPSA) is 68.9 Å². The normalized spacial score (nSPS) is 17.0. The number of anilines is 1. The van der Waals surface area contributed by atoms with Crippen LogP contribution >= 0.6 is 11.6 Å². The number of nitrogen functional groups attached to an aromatic ring is 1. The van der Waals surface area contributed by atoms with Gasteiger partial charge >= 0.3 is 0 Å². The fourth-order valence-corrected chi connectivity index (χ4v) is 2.44. The SMILES string of the molecule is CC(C)Oc1ccc(C2=NC(c3ccc(N)cc3)ON2)cc1Cl. The summed E-state index contributed by atoms with van der Waals surface area (Å²) in [6.45, 7) is 3.91. The Morgan fingerprint density at radius 2 is 1.96 bits per heavy atom. The van der Waals surface area contributed by atoms with E-state index in [0.29, 0.717) is 22.3 Å². The molecule has 1 heterocycles. The van der Waals surface area contributed by atoms with Gasteiger partial charge in [-0.05, 0) is 44.2 Å². The first-order valence-corrected chi connectivity index (χ1v) is 7.72. The van der Waals surface area contributed by atoms with E-state index in [1.54, 1.807) is 6.07 Å². The van der Waals surface area contributed by atoms with Gasteiger partial charge < -0.3 is 10.5 Å². The highest BCUT2D eigenvalue weighted by Gasteiger charge is 2.21. The number of nitrogens with zero attached hydrogens (tertiary/aromatic N) is 1. The molecule has 23 heavy (non-hydrogen) atoms. The maximum absolute atomic E-state index is 6.26. The number of amidine groups is 1. The van der Waals surface area contributed by atoms with Crippen molar-refractivity contribution in [1.82, 2.24) is 5.48 Å². The van der Waals surface area contributed by atoms with Crippen LogP contribution in [0.4, 0.5) is 5.69 Å². The van der Waals surface area contributed by atoms with Crippen molar-refractivity contribution in [1.29, 1.82) is 0 Å². The van der Waals surface area contributed by atoms with Gasteiger partial charge in [-0.15, -0.1) is 0 Å². The molecule has 2 aromatic carbocycles. The number of benzene rings is 2. The van der Waals surface area contributed by atoms with E-state index < -0.39 is 6.23 Å². The molecule has 0 radical (unpaired) electrons. The number of hydrogen-bond donors (Lipinski definition) is 2. The lowest BCUT2D eigenvalue weighted by molar-refractivity contribution is 0.0377. The molecule has 120 valence electrons. The van der Waals surface area contributed by atoms with E-state index >= 15 is 0 Å². The number of hydroxylamine groups is 1. The van der Waals surface area contributed by atoms with Crippen LogP contribution in [-0.4, -0.2) is 11.9 Å². The van der Waals surface area contributed by atoms with Crippen molar-refractivity contribution in [2.45, 2.75) is 26.2 Å². The fraction of sp³-hybridized carbons (Fsp3) is 0.235. The minimum absolute atomic E-state index is 0.0681. The first-order chi connectivity index (χ1) is 11.0. The van der Waals surface area contributed by atoms with Crippen LogP contribution in [0.2, 0.25) is 5.02 Å². The van der Waals surface area contributed by atoms with E-state index in [1.165, 1.54) is 0 Å². The minimum atomic E-state index is -0.407. The van der Waals surface area contributed by atoms with E-state index in [2.05, 4.69) is 10.5 Å². The molecule has 2 aromatic rings. The second-order valence-electron chi connectivity index (χ2n) is 5.53. The first-order valence-electron chi connectivity index (χ1n) is 7.34. The maximum Gasteiger partial charge on any atom is 0.202 e. The summed E-state index contributed by atoms with van der Waals surface area (Å²) in [6, 6.07) is 13.0. The van der Waals surface area contributed by atoms with Gasteiger partial charge in [-0.3, -0.25) is 0 Å². The predicted molar refractivity (Wildman–Crippen MR) is 91.6 cm³/mol. The van der Waals surface area contributed by atoms with Crippen molar-refractivity contribution in [3.05, 3.63) is 58.6 Å². The second kappa shape index (κ2) is 6.48. The van der Waals surface area contributed by atoms with Crippen molar-refractivity contribution in [2.75, 3.05) is 5.73 Å². The summed E-state index contributed by atoms with van der Waals surface area (Å²) in [5.74, 6) is 1.28. The molecular weight excluding hydrogens is 314 g/mol. The Balaban J connectivity index is 1.81. The predicted octanol–water partition coefficient (Wildman–Crippen LogP) is 3.69. The van der Waals surface area contributed by atoms with E-state index in [4.69, 9.17) is 26.9 Å². The van der Waals surface area contributed by atoms with Crippen LogP contribution in [-0.2, 0) is 4.84 Å². The lowest BCUT2D eigenvalue weighted by Gasteiger charge is -2.12. The molecular formula is C17H18ClN3O2. The summed E-state index contributed by atoms with van der Waals surface area (Å²) in [5.41, 5.74) is 11.0. The van der Waals surface area contributed by atoms with Crippen LogP contribution < -0.4 is 16.0 Å². The number of halogens is 1. The lowest BCUT2D eigenvalue weighted by Crippen LogP contribution is -2.18. The average Bonchev–Trinajstić information content (AvgIpc) is 2.99. The zero-order chi connectivity index (χ0) is 16.4. The highest BCUT2D eigenvalue weighted by molar-refractivity contribution is 6.32. The molecule has 0 spiro atoms. The lowest BCUT2D eigenvalue weighted by atomic mass is 10.1. The van der Waals surface area contributed by atoms with E-state index in [1.807, 2.05) is 50.2 Å². The van der Waals surface area contributed by atoms with Gasteiger partial charge in [0.2, 0.25) is 6.23 Å². The smallest absolute Gasteiger partial charge is 0.202 e. The zero-order valence-electron chi connectivity index (χ0n) is 12.9. The van der Waals surface area contributed by atoms with Gasteiger partial charge in [0.05, 0.1) is 11.1 Å². The first kappa shape index (κ1) is 15.6. The molecule has 1 aliphatic heterocycles. The average molecular weight is 332 g/mol. The fourth-order valence-electron chi connectivity index (χ4n) is 2.22. The van der Waals surface area contributed by atoms with Crippen molar-refractivity contribution in [2.24, 2.45) is 4.99 Å². The van der Waals surface area contributed by atoms with Gasteiger partial charge in [0.1, 0.15) is 5.75 Å². The van der Waals surface area contributed by atoms with Gasteiger partial charge in [-0.25, -0.2) is 15.3 Å². The molecule has 1 aliphatic rings. The molecule has 1 atom stereocenters. The summed E-state index contributed by atoms with van der Waals surface area (Å²) < 4.78 is 5.63. The molecule has 3 rings (SSSR count). The van der Waals surface area contributed by atoms with Crippen molar-refractivity contribution >= 4 is 23.1 Å². The Bertz CT molecular complexity index is 729. The van der Waals surface area contributed by atoms with Crippen molar-refractivity contribution < 1.29 is 9.57 Å². The summed E-state index contributed by atoms with van der Waals surface area (Å²) in [7, 11) is 0. The number of ether oxygens (including phenoxy) is 1. The van der Waals surface area contributed by atoms with Crippen LogP contribution in [0.1, 0.15) is 31.2 Å². The molecule has 0 saturated carbocycles. The van der Waals surface area contributed by atoms with E-state index in [0.717, 1.165) is 11.1 Å². The summed E-state index contributed by atoms with van der Waals surface area (Å²) in [6.07, 6.45) is -0.338. The second-order valence-corrected chi connectivity index (χ2v) is 5.94. The standard InChI is InChI=1S/C17H18ClN3O2/c1-10(2)22-15-8-5-12(9-14(15)18)16-20-17(23-21-16)11-3-6-13(19)7-4-11/h3-10,17H,19H2,1-2H3,(H,20,21). The summed E-state index contributed by atoms with van der Waals surface area (Å²) in [4.78, 5) is 10.0. The Kier molecular flexibility index (Phi) is 4.41.